The molecule has 0 aliphatic heterocycles. The highest BCUT2D eigenvalue weighted by Crippen LogP contribution is 2.42. The minimum atomic E-state index is 0.557. The standard InChI is InChI=1S/C44H26N4OS/c1-2-10-27(11-3-1)28-19-21-29(22-20-28)42-46-43(30-23-24-32-31-12-4-6-16-36(31)49-37(32)26-30)48-44(47-42)35-15-9-25-45-41(35)34-14-8-18-39-40(34)33-13-5-7-17-38(33)50-39/h1-26H. The predicted octanol–water partition coefficient (Wildman–Crippen LogP) is 11.9. The van der Waals surface area contributed by atoms with Crippen LogP contribution in [-0.2, 0) is 0 Å². The van der Waals surface area contributed by atoms with E-state index in [4.69, 9.17) is 24.4 Å². The molecule has 4 aromatic heterocycles. The van der Waals surface area contributed by atoms with Crippen LogP contribution in [-0.4, -0.2) is 19.9 Å². The van der Waals surface area contributed by atoms with Crippen molar-refractivity contribution in [2.75, 3.05) is 0 Å². The minimum Gasteiger partial charge on any atom is -0.456 e. The summed E-state index contributed by atoms with van der Waals surface area (Å²) in [6, 6.07) is 52.0. The normalized spacial score (nSPS) is 11.6. The molecule has 0 unspecified atom stereocenters. The van der Waals surface area contributed by atoms with Crippen LogP contribution in [0.1, 0.15) is 0 Å². The van der Waals surface area contributed by atoms with Crippen LogP contribution in [0.4, 0.5) is 0 Å². The molecule has 50 heavy (non-hydrogen) atoms. The molecular formula is C44H26N4OS. The van der Waals surface area contributed by atoms with Gasteiger partial charge in [0.1, 0.15) is 11.2 Å². The van der Waals surface area contributed by atoms with Gasteiger partial charge in [0.05, 0.1) is 5.69 Å². The van der Waals surface area contributed by atoms with Gasteiger partial charge < -0.3 is 4.42 Å². The first-order valence-corrected chi connectivity index (χ1v) is 17.3. The molecule has 10 rings (SSSR count). The van der Waals surface area contributed by atoms with E-state index in [1.54, 1.807) is 11.3 Å². The van der Waals surface area contributed by atoms with Crippen LogP contribution in [0.2, 0.25) is 0 Å². The third kappa shape index (κ3) is 4.77. The number of hydrogen-bond acceptors (Lipinski definition) is 6. The van der Waals surface area contributed by atoms with Crippen LogP contribution in [0.5, 0.6) is 0 Å². The first kappa shape index (κ1) is 28.5. The summed E-state index contributed by atoms with van der Waals surface area (Å²) in [6.45, 7) is 0. The van der Waals surface area contributed by atoms with Crippen molar-refractivity contribution < 1.29 is 4.42 Å². The smallest absolute Gasteiger partial charge is 0.166 e. The van der Waals surface area contributed by atoms with Crippen LogP contribution < -0.4 is 0 Å². The maximum atomic E-state index is 6.26. The Kier molecular flexibility index (Phi) is 6.60. The van der Waals surface area contributed by atoms with Crippen molar-refractivity contribution >= 4 is 53.4 Å². The molecule has 0 saturated heterocycles. The van der Waals surface area contributed by atoms with E-state index in [1.807, 2.05) is 42.6 Å². The maximum absolute atomic E-state index is 6.26. The van der Waals surface area contributed by atoms with Gasteiger partial charge in [0.2, 0.25) is 0 Å². The van der Waals surface area contributed by atoms with Crippen molar-refractivity contribution in [1.82, 2.24) is 19.9 Å². The molecule has 0 aliphatic carbocycles. The highest BCUT2D eigenvalue weighted by atomic mass is 32.1. The molecule has 0 radical (unpaired) electrons. The molecule has 0 spiro atoms. The largest absolute Gasteiger partial charge is 0.456 e. The van der Waals surface area contributed by atoms with E-state index in [0.29, 0.717) is 17.5 Å². The molecule has 6 aromatic carbocycles. The Hall–Kier alpha value is -6.50. The zero-order valence-electron chi connectivity index (χ0n) is 26.6. The van der Waals surface area contributed by atoms with Gasteiger partial charge >= 0.3 is 0 Å². The van der Waals surface area contributed by atoms with Gasteiger partial charge in [-0.2, -0.15) is 0 Å². The van der Waals surface area contributed by atoms with Crippen LogP contribution in [0.25, 0.3) is 98.7 Å². The quantitative estimate of drug-likeness (QED) is 0.184. The second-order valence-corrected chi connectivity index (χ2v) is 13.3. The highest BCUT2D eigenvalue weighted by Gasteiger charge is 2.20. The molecule has 0 fully saturated rings. The molecule has 10 aromatic rings. The van der Waals surface area contributed by atoms with Gasteiger partial charge in [-0.3, -0.25) is 4.98 Å². The minimum absolute atomic E-state index is 0.557. The molecule has 0 N–H and O–H groups in total. The first-order valence-electron chi connectivity index (χ1n) is 16.5. The second-order valence-electron chi connectivity index (χ2n) is 12.2. The lowest BCUT2D eigenvalue weighted by Gasteiger charge is -2.12. The Morgan fingerprint density at radius 1 is 0.420 bits per heavy atom. The van der Waals surface area contributed by atoms with Gasteiger partial charge in [-0.1, -0.05) is 109 Å². The molecule has 0 saturated carbocycles. The monoisotopic (exact) mass is 658 g/mol. The lowest BCUT2D eigenvalue weighted by Crippen LogP contribution is -2.02. The van der Waals surface area contributed by atoms with Gasteiger partial charge in [-0.15, -0.1) is 11.3 Å². The van der Waals surface area contributed by atoms with Crippen LogP contribution in [0.3, 0.4) is 0 Å². The summed E-state index contributed by atoms with van der Waals surface area (Å²) in [4.78, 5) is 20.3. The van der Waals surface area contributed by atoms with Gasteiger partial charge in [-0.25, -0.2) is 15.0 Å². The lowest BCUT2D eigenvalue weighted by atomic mass is 9.99. The zero-order chi connectivity index (χ0) is 33.0. The first-order chi connectivity index (χ1) is 24.8. The van der Waals surface area contributed by atoms with Gasteiger partial charge in [0.25, 0.3) is 0 Å². The predicted molar refractivity (Wildman–Crippen MR) is 205 cm³/mol. The van der Waals surface area contributed by atoms with Crippen LogP contribution in [0, 0.1) is 0 Å². The molecule has 6 heteroatoms. The van der Waals surface area contributed by atoms with Gasteiger partial charge in [-0.05, 0) is 53.6 Å². The van der Waals surface area contributed by atoms with Crippen molar-refractivity contribution in [1.29, 1.82) is 0 Å². The number of aromatic nitrogens is 4. The van der Waals surface area contributed by atoms with Crippen molar-refractivity contribution in [3.8, 4) is 56.5 Å². The van der Waals surface area contributed by atoms with E-state index >= 15 is 0 Å². The number of para-hydroxylation sites is 1. The number of rotatable bonds is 5. The molecule has 234 valence electrons. The summed E-state index contributed by atoms with van der Waals surface area (Å²) in [5, 5.41) is 4.55. The number of hydrogen-bond donors (Lipinski definition) is 0. The molecular weight excluding hydrogens is 633 g/mol. The number of pyridine rings is 1. The summed E-state index contributed by atoms with van der Waals surface area (Å²) in [5.41, 5.74) is 8.39. The van der Waals surface area contributed by atoms with Gasteiger partial charge in [0, 0.05) is 59.4 Å². The van der Waals surface area contributed by atoms with Crippen molar-refractivity contribution in [3.63, 3.8) is 0 Å². The van der Waals surface area contributed by atoms with E-state index in [-0.39, 0.29) is 0 Å². The average molecular weight is 659 g/mol. The molecule has 0 bridgehead atoms. The molecule has 5 nitrogen and oxygen atoms in total. The number of thiophene rings is 1. The van der Waals surface area contributed by atoms with E-state index < -0.39 is 0 Å². The Morgan fingerprint density at radius 3 is 1.94 bits per heavy atom. The second kappa shape index (κ2) is 11.6. The van der Waals surface area contributed by atoms with E-state index in [2.05, 4.69) is 115 Å². The molecule has 0 atom stereocenters. The highest BCUT2D eigenvalue weighted by molar-refractivity contribution is 7.25. The van der Waals surface area contributed by atoms with E-state index in [1.165, 1.54) is 20.2 Å². The average Bonchev–Trinajstić information content (AvgIpc) is 3.76. The number of benzene rings is 6. The van der Waals surface area contributed by atoms with Crippen molar-refractivity contribution in [3.05, 3.63) is 158 Å². The van der Waals surface area contributed by atoms with Crippen LogP contribution in [0.15, 0.2) is 162 Å². The third-order valence-electron chi connectivity index (χ3n) is 9.23. The third-order valence-corrected chi connectivity index (χ3v) is 10.4. The van der Waals surface area contributed by atoms with Crippen LogP contribution >= 0.6 is 11.3 Å². The summed E-state index contributed by atoms with van der Waals surface area (Å²) in [5.74, 6) is 1.71. The fourth-order valence-electron chi connectivity index (χ4n) is 6.83. The van der Waals surface area contributed by atoms with Gasteiger partial charge in [0.15, 0.2) is 17.5 Å². The fourth-order valence-corrected chi connectivity index (χ4v) is 7.97. The summed E-state index contributed by atoms with van der Waals surface area (Å²) >= 11 is 1.80. The fraction of sp³-hybridized carbons (Fsp3) is 0. The van der Waals surface area contributed by atoms with Crippen molar-refractivity contribution in [2.24, 2.45) is 0 Å². The van der Waals surface area contributed by atoms with E-state index in [9.17, 15) is 0 Å². The Bertz CT molecular complexity index is 2870. The molecule has 0 amide bonds. The van der Waals surface area contributed by atoms with Crippen molar-refractivity contribution in [2.45, 2.75) is 0 Å². The number of nitrogens with zero attached hydrogens (tertiary/aromatic N) is 4. The zero-order valence-corrected chi connectivity index (χ0v) is 27.4. The summed E-state index contributed by atoms with van der Waals surface area (Å²) in [6.07, 6.45) is 1.84. The van der Waals surface area contributed by atoms with E-state index in [0.717, 1.165) is 61.0 Å². The number of furan rings is 1. The topological polar surface area (TPSA) is 64.7 Å². The lowest BCUT2D eigenvalue weighted by molar-refractivity contribution is 0.669. The SMILES string of the molecule is c1ccc(-c2ccc(-c3nc(-c4ccc5c(c4)oc4ccccc45)nc(-c4cccnc4-c4cccc5sc6ccccc6c45)n3)cc2)cc1. The maximum Gasteiger partial charge on any atom is 0.166 e. The number of fused-ring (bicyclic) bond motifs is 6. The molecule has 0 aliphatic rings. The Labute approximate surface area is 291 Å². The summed E-state index contributed by atoms with van der Waals surface area (Å²) < 4.78 is 8.73. The summed E-state index contributed by atoms with van der Waals surface area (Å²) in [7, 11) is 0. The Morgan fingerprint density at radius 2 is 1.06 bits per heavy atom. The molecule has 4 heterocycles. The Balaban J connectivity index is 1.18.